The number of rotatable bonds is 10. The molecule has 2 unspecified atom stereocenters. The molecule has 1 heterocycles. The quantitative estimate of drug-likeness (QED) is 0.260. The Bertz CT molecular complexity index is 457. The second-order valence-electron chi connectivity index (χ2n) is 5.73. The van der Waals surface area contributed by atoms with Gasteiger partial charge in [0.2, 0.25) is 5.91 Å². The summed E-state index contributed by atoms with van der Waals surface area (Å²) in [5, 5.41) is 39.1. The van der Waals surface area contributed by atoms with E-state index in [4.69, 9.17) is 19.7 Å². The number of aliphatic hydroxyl groups excluding tert-OH is 2. The monoisotopic (exact) mass is 364 g/mol. The van der Waals surface area contributed by atoms with E-state index in [0.29, 0.717) is 0 Å². The Balaban J connectivity index is 2.29. The van der Waals surface area contributed by atoms with Gasteiger partial charge in [-0.3, -0.25) is 19.3 Å². The van der Waals surface area contributed by atoms with Gasteiger partial charge in [-0.1, -0.05) is 0 Å². The number of amides is 1. The van der Waals surface area contributed by atoms with Crippen molar-refractivity contribution in [2.24, 2.45) is 0 Å². The molecule has 0 saturated carbocycles. The van der Waals surface area contributed by atoms with E-state index in [9.17, 15) is 24.6 Å². The predicted molar refractivity (Wildman–Crippen MR) is 81.6 cm³/mol. The first-order chi connectivity index (χ1) is 11.7. The first kappa shape index (κ1) is 21.3. The number of nitrogens with zero attached hydrogens (tertiary/aromatic N) is 1. The van der Waals surface area contributed by atoms with E-state index >= 15 is 0 Å². The molecule has 0 spiro atoms. The van der Waals surface area contributed by atoms with Crippen molar-refractivity contribution in [3.8, 4) is 0 Å². The van der Waals surface area contributed by atoms with Crippen LogP contribution in [0.2, 0.25) is 0 Å². The minimum Gasteiger partial charge on any atom is -0.480 e. The number of aliphatic carboxylic acids is 2. The minimum atomic E-state index is -1.24. The number of carboxylic acids is 2. The summed E-state index contributed by atoms with van der Waals surface area (Å²) in [5.41, 5.74) is 0. The molecule has 1 aliphatic rings. The second kappa shape index (κ2) is 10.3. The molecule has 11 heteroatoms. The molecule has 0 aromatic heterocycles. The topological polar surface area (TPSA) is 166 Å². The van der Waals surface area contributed by atoms with E-state index in [-0.39, 0.29) is 26.1 Å². The molecule has 0 aromatic rings. The van der Waals surface area contributed by atoms with Crippen LogP contribution in [0.25, 0.3) is 0 Å². The highest BCUT2D eigenvalue weighted by Crippen LogP contribution is 2.20. The van der Waals surface area contributed by atoms with Gasteiger partial charge in [-0.05, 0) is 6.92 Å². The molecular formula is C14H24N2O9. The number of ether oxygens (including phenoxy) is 2. The van der Waals surface area contributed by atoms with Gasteiger partial charge >= 0.3 is 11.9 Å². The number of nitrogens with one attached hydrogen (secondary N) is 1. The Morgan fingerprint density at radius 3 is 2.28 bits per heavy atom. The normalized spacial score (nSPS) is 26.4. The molecule has 1 fully saturated rings. The summed E-state index contributed by atoms with van der Waals surface area (Å²) in [6.45, 7) is 0.208. The lowest BCUT2D eigenvalue weighted by atomic mass is 10.0. The molecule has 0 radical (unpaired) electrons. The minimum absolute atomic E-state index is 0.0220. The summed E-state index contributed by atoms with van der Waals surface area (Å²) < 4.78 is 10.6. The number of carboxylic acid groups (broad SMARTS) is 2. The third-order valence-corrected chi connectivity index (χ3v) is 3.48. The van der Waals surface area contributed by atoms with Crippen LogP contribution < -0.4 is 5.32 Å². The van der Waals surface area contributed by atoms with E-state index in [1.54, 1.807) is 6.92 Å². The Morgan fingerprint density at radius 1 is 1.12 bits per heavy atom. The number of carbonyl (C=O) groups is 3. The summed E-state index contributed by atoms with van der Waals surface area (Å²) >= 11 is 0. The number of carbonyl (C=O) groups excluding carboxylic acids is 1. The SMILES string of the molecule is C[C@@H]1OC(OCCNC(=O)CN(CC(=O)O)CC(=O)O)[C@H](O)CC1O. The van der Waals surface area contributed by atoms with Crippen molar-refractivity contribution in [3.05, 3.63) is 0 Å². The fraction of sp³-hybridized carbons (Fsp3) is 0.786. The molecular weight excluding hydrogens is 340 g/mol. The highest BCUT2D eigenvalue weighted by molar-refractivity contribution is 5.80. The molecule has 25 heavy (non-hydrogen) atoms. The lowest BCUT2D eigenvalue weighted by Gasteiger charge is -2.35. The van der Waals surface area contributed by atoms with Crippen molar-refractivity contribution in [3.63, 3.8) is 0 Å². The van der Waals surface area contributed by atoms with Crippen molar-refractivity contribution in [1.82, 2.24) is 10.2 Å². The third kappa shape index (κ3) is 8.23. The Kier molecular flexibility index (Phi) is 8.72. The van der Waals surface area contributed by atoms with E-state index in [1.165, 1.54) is 0 Å². The van der Waals surface area contributed by atoms with Gasteiger partial charge in [0.1, 0.15) is 6.10 Å². The standard InChI is InChI=1S/C14H24N2O9/c1-8-9(17)4-10(18)14(25-8)24-3-2-15-11(19)5-16(6-12(20)21)7-13(22)23/h8-10,14,17-18H,2-7H2,1H3,(H,15,19)(H,20,21)(H,22,23)/t8-,9?,10+,14?/m0/s1. The average molecular weight is 364 g/mol. The van der Waals surface area contributed by atoms with Crippen molar-refractivity contribution in [2.75, 3.05) is 32.8 Å². The molecule has 1 rings (SSSR count). The summed E-state index contributed by atoms with van der Waals surface area (Å²) in [4.78, 5) is 34.0. The smallest absolute Gasteiger partial charge is 0.317 e. The van der Waals surface area contributed by atoms with Crippen LogP contribution in [0.1, 0.15) is 13.3 Å². The van der Waals surface area contributed by atoms with E-state index in [1.807, 2.05) is 0 Å². The molecule has 0 aliphatic carbocycles. The molecule has 0 bridgehead atoms. The van der Waals surface area contributed by atoms with Crippen LogP contribution in [0, 0.1) is 0 Å². The molecule has 11 nitrogen and oxygen atoms in total. The molecule has 5 N–H and O–H groups in total. The zero-order valence-electron chi connectivity index (χ0n) is 13.8. The fourth-order valence-corrected chi connectivity index (χ4v) is 2.27. The zero-order chi connectivity index (χ0) is 19.0. The summed E-state index contributed by atoms with van der Waals surface area (Å²) in [6, 6.07) is 0. The van der Waals surface area contributed by atoms with Gasteiger partial charge < -0.3 is 35.2 Å². The average Bonchev–Trinajstić information content (AvgIpc) is 2.47. The van der Waals surface area contributed by atoms with Crippen molar-refractivity contribution >= 4 is 17.8 Å². The first-order valence-electron chi connectivity index (χ1n) is 7.75. The first-order valence-corrected chi connectivity index (χ1v) is 7.75. The maximum absolute atomic E-state index is 11.7. The Morgan fingerprint density at radius 2 is 1.72 bits per heavy atom. The Hall–Kier alpha value is -1.79. The number of aliphatic hydroxyl groups is 2. The van der Waals surface area contributed by atoms with Crippen LogP contribution in [-0.2, 0) is 23.9 Å². The lowest BCUT2D eigenvalue weighted by Crippen LogP contribution is -2.48. The molecule has 1 saturated heterocycles. The Labute approximate surface area is 144 Å². The van der Waals surface area contributed by atoms with Gasteiger partial charge in [0.25, 0.3) is 0 Å². The summed E-state index contributed by atoms with van der Waals surface area (Å²) in [7, 11) is 0. The van der Waals surface area contributed by atoms with E-state index in [2.05, 4.69) is 5.32 Å². The number of hydrogen-bond acceptors (Lipinski definition) is 8. The van der Waals surface area contributed by atoms with Gasteiger partial charge in [0.05, 0.1) is 38.4 Å². The maximum Gasteiger partial charge on any atom is 0.317 e. The van der Waals surface area contributed by atoms with Gasteiger partial charge in [-0.15, -0.1) is 0 Å². The fourth-order valence-electron chi connectivity index (χ4n) is 2.27. The van der Waals surface area contributed by atoms with E-state index < -0.39 is 55.5 Å². The molecule has 1 amide bonds. The maximum atomic E-state index is 11.7. The van der Waals surface area contributed by atoms with Crippen LogP contribution in [-0.4, -0.2) is 101 Å². The zero-order valence-corrected chi connectivity index (χ0v) is 13.8. The van der Waals surface area contributed by atoms with Crippen LogP contribution in [0.5, 0.6) is 0 Å². The van der Waals surface area contributed by atoms with Gasteiger partial charge in [0.15, 0.2) is 6.29 Å². The highest BCUT2D eigenvalue weighted by Gasteiger charge is 2.34. The molecule has 4 atom stereocenters. The van der Waals surface area contributed by atoms with Crippen molar-refractivity contribution < 1.29 is 44.3 Å². The van der Waals surface area contributed by atoms with Gasteiger partial charge in [-0.25, -0.2) is 0 Å². The van der Waals surface area contributed by atoms with Crippen molar-refractivity contribution in [1.29, 1.82) is 0 Å². The summed E-state index contributed by atoms with van der Waals surface area (Å²) in [5.74, 6) is -3.03. The van der Waals surface area contributed by atoms with Gasteiger partial charge in [0, 0.05) is 13.0 Å². The second-order valence-corrected chi connectivity index (χ2v) is 5.73. The van der Waals surface area contributed by atoms with Crippen LogP contribution in [0.3, 0.4) is 0 Å². The molecule has 0 aromatic carbocycles. The van der Waals surface area contributed by atoms with Crippen molar-refractivity contribution in [2.45, 2.75) is 37.9 Å². The number of hydrogen-bond donors (Lipinski definition) is 5. The third-order valence-electron chi connectivity index (χ3n) is 3.48. The van der Waals surface area contributed by atoms with Gasteiger partial charge in [-0.2, -0.15) is 0 Å². The predicted octanol–water partition coefficient (Wildman–Crippen LogP) is -2.55. The highest BCUT2D eigenvalue weighted by atomic mass is 16.7. The van der Waals surface area contributed by atoms with Crippen LogP contribution in [0.15, 0.2) is 0 Å². The lowest BCUT2D eigenvalue weighted by molar-refractivity contribution is -0.260. The molecule has 144 valence electrons. The van der Waals surface area contributed by atoms with E-state index in [0.717, 1.165) is 4.90 Å². The van der Waals surface area contributed by atoms with Crippen LogP contribution >= 0.6 is 0 Å². The molecule has 1 aliphatic heterocycles. The summed E-state index contributed by atoms with van der Waals surface area (Å²) in [6.07, 6.45) is -3.03. The largest absolute Gasteiger partial charge is 0.480 e. The van der Waals surface area contributed by atoms with Crippen LogP contribution in [0.4, 0.5) is 0 Å².